The molecule has 1 unspecified atom stereocenters. The number of hydrogen-bond donors (Lipinski definition) is 2. The number of quaternary nitrogens is 2. The number of alkyl halides is 1. The van der Waals surface area contributed by atoms with Crippen LogP contribution in [0.2, 0.25) is 0 Å². The lowest BCUT2D eigenvalue weighted by molar-refractivity contribution is -0.421. The molecule has 0 aliphatic heterocycles. The van der Waals surface area contributed by atoms with E-state index in [1.807, 2.05) is 0 Å². The average molecular weight is 286 g/mol. The summed E-state index contributed by atoms with van der Waals surface area (Å²) in [6.07, 6.45) is 3.93. The van der Waals surface area contributed by atoms with Crippen molar-refractivity contribution in [2.45, 2.75) is 39.2 Å². The second-order valence-electron chi connectivity index (χ2n) is 3.17. The Balaban J connectivity index is 3.32. The molecule has 0 bridgehead atoms. The van der Waals surface area contributed by atoms with Gasteiger partial charge in [-0.3, -0.25) is 0 Å². The zero-order chi connectivity index (χ0) is 9.40. The van der Waals surface area contributed by atoms with E-state index in [0.717, 1.165) is 6.54 Å². The van der Waals surface area contributed by atoms with E-state index < -0.39 is 0 Å². The summed E-state index contributed by atoms with van der Waals surface area (Å²) in [6.45, 7) is 5.52. The molecule has 74 valence electrons. The fourth-order valence-corrected chi connectivity index (χ4v) is 2.99. The van der Waals surface area contributed by atoms with Crippen LogP contribution in [0.4, 0.5) is 0 Å². The van der Waals surface area contributed by atoms with Gasteiger partial charge in [0.05, 0.1) is 6.04 Å². The second kappa shape index (κ2) is 8.13. The molecular formula is C9H23IN2+2. The van der Waals surface area contributed by atoms with E-state index in [1.54, 1.807) is 3.51 Å². The van der Waals surface area contributed by atoms with Crippen LogP contribution in [0, 0.1) is 0 Å². The van der Waals surface area contributed by atoms with Gasteiger partial charge in [0.2, 0.25) is 0 Å². The molecule has 0 aliphatic carbocycles. The minimum Gasteiger partial charge on any atom is -0.355 e. The molecule has 3 heteroatoms. The van der Waals surface area contributed by atoms with Crippen LogP contribution in [0.3, 0.4) is 0 Å². The first-order valence-corrected chi connectivity index (χ1v) is 7.35. The summed E-state index contributed by atoms with van der Waals surface area (Å²) >= 11 is 0.351. The molecule has 0 amide bonds. The van der Waals surface area contributed by atoms with Gasteiger partial charge in [0, 0.05) is 3.51 Å². The summed E-state index contributed by atoms with van der Waals surface area (Å²) in [5, 5.41) is 0. The summed E-state index contributed by atoms with van der Waals surface area (Å²) in [5.74, 6) is 0. The normalized spacial score (nSPS) is 15.5. The van der Waals surface area contributed by atoms with Crippen molar-refractivity contribution >= 4 is 24.2 Å². The van der Waals surface area contributed by atoms with E-state index in [0.29, 0.717) is 26.8 Å². The van der Waals surface area contributed by atoms with Gasteiger partial charge >= 0.3 is 0 Å². The summed E-state index contributed by atoms with van der Waals surface area (Å²) < 4.78 is 3.08. The van der Waals surface area contributed by atoms with Gasteiger partial charge in [-0.25, -0.2) is 0 Å². The van der Waals surface area contributed by atoms with E-state index in [2.05, 4.69) is 25.3 Å². The van der Waals surface area contributed by atoms with Crippen LogP contribution >= 0.6 is 20.7 Å². The molecule has 0 saturated carbocycles. The van der Waals surface area contributed by atoms with E-state index >= 15 is 0 Å². The number of halogens is 1. The highest BCUT2D eigenvalue weighted by Gasteiger charge is 2.00. The van der Waals surface area contributed by atoms with Gasteiger partial charge in [-0.15, -0.1) is 20.7 Å². The van der Waals surface area contributed by atoms with E-state index in [-0.39, 0.29) is 0 Å². The fourth-order valence-electron chi connectivity index (χ4n) is 0.865. The summed E-state index contributed by atoms with van der Waals surface area (Å²) in [4.78, 5) is 0. The molecule has 0 fully saturated rings. The molecule has 2 nitrogen and oxygen atoms in total. The van der Waals surface area contributed by atoms with Crippen LogP contribution < -0.4 is 11.5 Å². The van der Waals surface area contributed by atoms with Crippen LogP contribution in [-0.4, -0.2) is 20.5 Å². The van der Waals surface area contributed by atoms with Gasteiger partial charge in [0.1, 0.15) is 6.54 Å². The Bertz CT molecular complexity index is 134. The third-order valence-corrected chi connectivity index (χ3v) is 5.13. The topological polar surface area (TPSA) is 55.3 Å². The van der Waals surface area contributed by atoms with Crippen LogP contribution in [0.25, 0.3) is 0 Å². The van der Waals surface area contributed by atoms with Crippen molar-refractivity contribution in [1.82, 2.24) is 0 Å². The Morgan fingerprint density at radius 3 is 2.67 bits per heavy atom. The minimum absolute atomic E-state index is 0.351. The SMILES string of the molecule is CCC([NH3+])CCCI=C(C)C[NH3+]. The van der Waals surface area contributed by atoms with Crippen LogP contribution in [0.1, 0.15) is 33.1 Å². The maximum absolute atomic E-state index is 4.09. The zero-order valence-electron chi connectivity index (χ0n) is 8.41. The minimum atomic E-state index is 0.351. The maximum Gasteiger partial charge on any atom is 0.101 e. The Hall–Kier alpha value is 0.520. The smallest absolute Gasteiger partial charge is 0.101 e. The van der Waals surface area contributed by atoms with E-state index in [1.165, 1.54) is 23.7 Å². The molecule has 0 aromatic rings. The summed E-state index contributed by atoms with van der Waals surface area (Å²) in [6, 6.07) is 0.689. The van der Waals surface area contributed by atoms with Crippen LogP contribution in [0.15, 0.2) is 0 Å². The van der Waals surface area contributed by atoms with Crippen molar-refractivity contribution in [1.29, 1.82) is 0 Å². The zero-order valence-corrected chi connectivity index (χ0v) is 10.6. The highest BCUT2D eigenvalue weighted by atomic mass is 127. The molecule has 12 heavy (non-hydrogen) atoms. The molecule has 0 radical (unpaired) electrons. The van der Waals surface area contributed by atoms with Crippen LogP contribution in [-0.2, 0) is 0 Å². The van der Waals surface area contributed by atoms with Crippen molar-refractivity contribution < 1.29 is 11.5 Å². The third-order valence-electron chi connectivity index (χ3n) is 1.99. The van der Waals surface area contributed by atoms with Gasteiger partial charge < -0.3 is 11.5 Å². The summed E-state index contributed by atoms with van der Waals surface area (Å²) in [7, 11) is 0. The molecule has 6 N–H and O–H groups in total. The Labute approximate surface area is 85.8 Å². The van der Waals surface area contributed by atoms with Gasteiger partial charge in [0.15, 0.2) is 0 Å². The van der Waals surface area contributed by atoms with Gasteiger partial charge in [-0.2, -0.15) is 0 Å². The van der Waals surface area contributed by atoms with Crippen molar-refractivity contribution in [3.05, 3.63) is 0 Å². The van der Waals surface area contributed by atoms with E-state index in [4.69, 9.17) is 0 Å². The van der Waals surface area contributed by atoms with Crippen molar-refractivity contribution in [3.8, 4) is 0 Å². The first-order chi connectivity index (χ1) is 5.70. The third kappa shape index (κ3) is 7.18. The van der Waals surface area contributed by atoms with Crippen molar-refractivity contribution in [2.24, 2.45) is 0 Å². The fraction of sp³-hybridized carbons (Fsp3) is 0.889. The molecule has 1 atom stereocenters. The largest absolute Gasteiger partial charge is 0.355 e. The average Bonchev–Trinajstić information content (AvgIpc) is 2.11. The standard InChI is InChI=1S/C9H21IN2/c1-3-9(12)5-4-6-10-8(2)7-11/h9H,3-7,11-12H2,1-2H3/p+2. The highest BCUT2D eigenvalue weighted by Crippen LogP contribution is 2.06. The lowest BCUT2D eigenvalue weighted by Gasteiger charge is -2.02. The predicted molar refractivity (Wildman–Crippen MR) is 63.5 cm³/mol. The van der Waals surface area contributed by atoms with Gasteiger partial charge in [-0.05, 0) is 30.6 Å². The Kier molecular flexibility index (Phi) is 8.49. The van der Waals surface area contributed by atoms with Crippen LogP contribution in [0.5, 0.6) is 0 Å². The molecule has 0 aromatic carbocycles. The predicted octanol–water partition coefficient (Wildman–Crippen LogP) is 0.192. The quantitative estimate of drug-likeness (QED) is 0.398. The lowest BCUT2D eigenvalue weighted by atomic mass is 10.1. The highest BCUT2D eigenvalue weighted by molar-refractivity contribution is 14.2. The Morgan fingerprint density at radius 2 is 2.17 bits per heavy atom. The maximum atomic E-state index is 4.09. The lowest BCUT2D eigenvalue weighted by Crippen LogP contribution is -2.60. The summed E-state index contributed by atoms with van der Waals surface area (Å²) in [5.41, 5.74) is 7.98. The Morgan fingerprint density at radius 1 is 1.50 bits per heavy atom. The van der Waals surface area contributed by atoms with Gasteiger partial charge in [-0.1, -0.05) is 6.92 Å². The molecule has 0 heterocycles. The van der Waals surface area contributed by atoms with Crippen molar-refractivity contribution in [2.75, 3.05) is 11.0 Å². The first kappa shape index (κ1) is 12.5. The monoisotopic (exact) mass is 286 g/mol. The number of rotatable bonds is 6. The second-order valence-corrected chi connectivity index (χ2v) is 6.85. The molecule has 0 aliphatic rings. The first-order valence-electron chi connectivity index (χ1n) is 4.74. The van der Waals surface area contributed by atoms with E-state index in [9.17, 15) is 0 Å². The van der Waals surface area contributed by atoms with Gasteiger partial charge in [0.25, 0.3) is 0 Å². The molecule has 0 rings (SSSR count). The molecule has 0 saturated heterocycles. The van der Waals surface area contributed by atoms with Crippen molar-refractivity contribution in [3.63, 3.8) is 0 Å². The number of hydrogen-bond acceptors (Lipinski definition) is 0. The molecule has 0 spiro atoms. The molecular weight excluding hydrogens is 263 g/mol. The molecule has 0 aromatic heterocycles.